The van der Waals surface area contributed by atoms with Crippen molar-refractivity contribution in [3.63, 3.8) is 0 Å². The summed E-state index contributed by atoms with van der Waals surface area (Å²) in [6.07, 6.45) is 0. The highest BCUT2D eigenvalue weighted by atomic mass is 35.5. The van der Waals surface area contributed by atoms with Crippen LogP contribution in [0.25, 0.3) is 11.3 Å². The number of benzene rings is 2. The van der Waals surface area contributed by atoms with Crippen molar-refractivity contribution in [2.45, 2.75) is 0 Å². The van der Waals surface area contributed by atoms with Gasteiger partial charge < -0.3 is 19.1 Å². The predicted octanol–water partition coefficient (Wildman–Crippen LogP) is 3.97. The Morgan fingerprint density at radius 3 is 2.61 bits per heavy atom. The number of amides is 1. The number of nitrogens with zero attached hydrogens (tertiary/aromatic N) is 3. The summed E-state index contributed by atoms with van der Waals surface area (Å²) in [7, 11) is 1.61. The van der Waals surface area contributed by atoms with E-state index in [1.165, 1.54) is 0 Å². The summed E-state index contributed by atoms with van der Waals surface area (Å²) in [6, 6.07) is 16.9. The van der Waals surface area contributed by atoms with E-state index in [1.54, 1.807) is 18.1 Å². The molecule has 1 aromatic heterocycles. The molecule has 0 unspecified atom stereocenters. The summed E-state index contributed by atoms with van der Waals surface area (Å²) in [5.41, 5.74) is 2.52. The molecule has 4 rings (SSSR count). The van der Waals surface area contributed by atoms with Crippen LogP contribution in [-0.4, -0.2) is 49.3 Å². The van der Waals surface area contributed by atoms with Crippen LogP contribution in [-0.2, 0) is 0 Å². The molecule has 144 valence electrons. The van der Waals surface area contributed by atoms with E-state index in [-0.39, 0.29) is 11.7 Å². The number of hydrogen-bond acceptors (Lipinski definition) is 5. The van der Waals surface area contributed by atoms with Gasteiger partial charge in [-0.05, 0) is 30.3 Å². The smallest absolute Gasteiger partial charge is 0.292 e. The molecule has 2 aromatic carbocycles. The third-order valence-electron chi connectivity index (χ3n) is 4.83. The monoisotopic (exact) mass is 397 g/mol. The van der Waals surface area contributed by atoms with Crippen LogP contribution in [0.3, 0.4) is 0 Å². The summed E-state index contributed by atoms with van der Waals surface area (Å²) in [6.45, 7) is 2.70. The zero-order valence-electron chi connectivity index (χ0n) is 15.5. The second kappa shape index (κ2) is 7.94. The lowest BCUT2D eigenvalue weighted by Crippen LogP contribution is -2.48. The lowest BCUT2D eigenvalue weighted by atomic mass is 10.1. The van der Waals surface area contributed by atoms with E-state index >= 15 is 0 Å². The van der Waals surface area contributed by atoms with Gasteiger partial charge in [0.05, 0.1) is 7.11 Å². The third-order valence-corrected chi connectivity index (χ3v) is 5.06. The normalized spacial score (nSPS) is 14.2. The molecule has 0 spiro atoms. The molecular formula is C21H20ClN3O3. The highest BCUT2D eigenvalue weighted by Crippen LogP contribution is 2.25. The highest BCUT2D eigenvalue weighted by molar-refractivity contribution is 6.30. The van der Waals surface area contributed by atoms with Crippen molar-refractivity contribution < 1.29 is 14.1 Å². The first-order chi connectivity index (χ1) is 13.6. The fourth-order valence-electron chi connectivity index (χ4n) is 3.29. The quantitative estimate of drug-likeness (QED) is 0.666. The minimum atomic E-state index is -0.146. The van der Waals surface area contributed by atoms with Gasteiger partial charge in [0, 0.05) is 48.5 Å². The van der Waals surface area contributed by atoms with Crippen LogP contribution in [0.4, 0.5) is 5.69 Å². The molecule has 0 bridgehead atoms. The number of hydrogen-bond donors (Lipinski definition) is 0. The molecule has 1 aliphatic heterocycles. The molecule has 3 aromatic rings. The number of methoxy groups -OCH3 is 1. The average molecular weight is 398 g/mol. The van der Waals surface area contributed by atoms with E-state index in [4.69, 9.17) is 20.9 Å². The summed E-state index contributed by atoms with van der Waals surface area (Å²) in [5, 5.41) is 4.76. The van der Waals surface area contributed by atoms with Crippen LogP contribution in [0, 0.1) is 0 Å². The molecule has 0 saturated carbocycles. The number of carbonyl (C=O) groups is 1. The largest absolute Gasteiger partial charge is 0.497 e. The van der Waals surface area contributed by atoms with Gasteiger partial charge in [0.2, 0.25) is 5.76 Å². The SMILES string of the molecule is COc1cccc(-c2cc(C(=O)N3CCN(c4cccc(Cl)c4)CC3)on2)c1. The maximum absolute atomic E-state index is 12.8. The van der Waals surface area contributed by atoms with E-state index in [9.17, 15) is 4.79 Å². The van der Waals surface area contributed by atoms with Crippen LogP contribution >= 0.6 is 11.6 Å². The van der Waals surface area contributed by atoms with Crippen molar-refractivity contribution in [1.29, 1.82) is 0 Å². The lowest BCUT2D eigenvalue weighted by molar-refractivity contribution is 0.0705. The van der Waals surface area contributed by atoms with Crippen LogP contribution in [0.5, 0.6) is 5.75 Å². The Morgan fingerprint density at radius 1 is 1.07 bits per heavy atom. The number of carbonyl (C=O) groups excluding carboxylic acids is 1. The minimum absolute atomic E-state index is 0.146. The zero-order chi connectivity index (χ0) is 19.5. The van der Waals surface area contributed by atoms with Gasteiger partial charge in [-0.3, -0.25) is 4.79 Å². The maximum atomic E-state index is 12.8. The Bertz CT molecular complexity index is 980. The molecule has 1 fully saturated rings. The van der Waals surface area contributed by atoms with Crippen LogP contribution in [0.15, 0.2) is 59.1 Å². The second-order valence-corrected chi connectivity index (χ2v) is 7.00. The van der Waals surface area contributed by atoms with Gasteiger partial charge in [0.25, 0.3) is 5.91 Å². The number of ether oxygens (including phenoxy) is 1. The molecule has 0 aliphatic carbocycles. The molecule has 1 amide bonds. The van der Waals surface area contributed by atoms with Crippen molar-refractivity contribution in [3.8, 4) is 17.0 Å². The van der Waals surface area contributed by atoms with Crippen LogP contribution in [0.2, 0.25) is 5.02 Å². The number of aromatic nitrogens is 1. The summed E-state index contributed by atoms with van der Waals surface area (Å²) >= 11 is 6.08. The zero-order valence-corrected chi connectivity index (χ0v) is 16.2. The Labute approximate surface area is 168 Å². The van der Waals surface area contributed by atoms with Crippen molar-refractivity contribution in [2.75, 3.05) is 38.2 Å². The Morgan fingerprint density at radius 2 is 1.86 bits per heavy atom. The van der Waals surface area contributed by atoms with Gasteiger partial charge in [-0.15, -0.1) is 0 Å². The summed E-state index contributed by atoms with van der Waals surface area (Å²) < 4.78 is 10.6. The first-order valence-corrected chi connectivity index (χ1v) is 9.43. The Kier molecular flexibility index (Phi) is 5.21. The fourth-order valence-corrected chi connectivity index (χ4v) is 3.48. The maximum Gasteiger partial charge on any atom is 0.292 e. The van der Waals surface area contributed by atoms with Crippen molar-refractivity contribution in [2.24, 2.45) is 0 Å². The van der Waals surface area contributed by atoms with Crippen molar-refractivity contribution in [3.05, 3.63) is 65.4 Å². The molecule has 2 heterocycles. The van der Waals surface area contributed by atoms with E-state index in [0.29, 0.717) is 23.8 Å². The molecule has 28 heavy (non-hydrogen) atoms. The van der Waals surface area contributed by atoms with E-state index in [2.05, 4.69) is 10.1 Å². The second-order valence-electron chi connectivity index (χ2n) is 6.57. The molecule has 1 aliphatic rings. The highest BCUT2D eigenvalue weighted by Gasteiger charge is 2.25. The van der Waals surface area contributed by atoms with Gasteiger partial charge in [0.1, 0.15) is 11.4 Å². The van der Waals surface area contributed by atoms with Crippen molar-refractivity contribution in [1.82, 2.24) is 10.1 Å². The van der Waals surface area contributed by atoms with E-state index in [0.717, 1.165) is 30.1 Å². The minimum Gasteiger partial charge on any atom is -0.497 e. The number of halogens is 1. The topological polar surface area (TPSA) is 58.8 Å². The lowest BCUT2D eigenvalue weighted by Gasteiger charge is -2.35. The molecule has 1 saturated heterocycles. The Balaban J connectivity index is 1.42. The first kappa shape index (κ1) is 18.4. The van der Waals surface area contributed by atoms with E-state index < -0.39 is 0 Å². The molecular weight excluding hydrogens is 378 g/mol. The molecule has 7 heteroatoms. The molecule has 6 nitrogen and oxygen atoms in total. The summed E-state index contributed by atoms with van der Waals surface area (Å²) in [4.78, 5) is 16.8. The molecule has 0 N–H and O–H groups in total. The van der Waals surface area contributed by atoms with Crippen molar-refractivity contribution >= 4 is 23.2 Å². The average Bonchev–Trinajstić information content (AvgIpc) is 3.24. The van der Waals surface area contributed by atoms with Gasteiger partial charge in [-0.1, -0.05) is 35.0 Å². The fraction of sp³-hybridized carbons (Fsp3) is 0.238. The predicted molar refractivity (Wildman–Crippen MR) is 108 cm³/mol. The van der Waals surface area contributed by atoms with E-state index in [1.807, 2.05) is 48.5 Å². The van der Waals surface area contributed by atoms with Gasteiger partial charge >= 0.3 is 0 Å². The van der Waals surface area contributed by atoms with Gasteiger partial charge in [-0.25, -0.2) is 0 Å². The van der Waals surface area contributed by atoms with Crippen LogP contribution in [0.1, 0.15) is 10.6 Å². The van der Waals surface area contributed by atoms with Crippen LogP contribution < -0.4 is 9.64 Å². The number of anilines is 1. The number of rotatable bonds is 4. The molecule has 0 radical (unpaired) electrons. The Hall–Kier alpha value is -2.99. The van der Waals surface area contributed by atoms with Gasteiger partial charge in [-0.2, -0.15) is 0 Å². The van der Waals surface area contributed by atoms with Gasteiger partial charge in [0.15, 0.2) is 0 Å². The number of piperazine rings is 1. The first-order valence-electron chi connectivity index (χ1n) is 9.05. The molecule has 0 atom stereocenters. The third kappa shape index (κ3) is 3.82. The summed E-state index contributed by atoms with van der Waals surface area (Å²) in [5.74, 6) is 0.826. The standard InChI is InChI=1S/C21H20ClN3O3/c1-27-18-7-2-4-15(12-18)19-14-20(28-23-19)21(26)25-10-8-24(9-11-25)17-6-3-5-16(22)13-17/h2-7,12-14H,8-11H2,1H3.